The molecule has 8 heteroatoms. The lowest BCUT2D eigenvalue weighted by Crippen LogP contribution is -2.56. The van der Waals surface area contributed by atoms with Crippen molar-refractivity contribution in [1.29, 1.82) is 0 Å². The van der Waals surface area contributed by atoms with E-state index in [1.54, 1.807) is 39.0 Å². The van der Waals surface area contributed by atoms with Gasteiger partial charge in [0.2, 0.25) is 0 Å². The minimum atomic E-state index is -2.69. The first-order valence-electron chi connectivity index (χ1n) is 7.52. The second kappa shape index (κ2) is 5.54. The van der Waals surface area contributed by atoms with Gasteiger partial charge in [-0.05, 0) is 32.9 Å². The third-order valence-corrected chi connectivity index (χ3v) is 3.36. The lowest BCUT2D eigenvalue weighted by Gasteiger charge is -2.39. The number of hydrogen-bond acceptors (Lipinski definition) is 5. The number of nitrogens with one attached hydrogen (secondary N) is 1. The highest BCUT2D eigenvalue weighted by atomic mass is 19.3. The predicted octanol–water partition coefficient (Wildman–Crippen LogP) is 3.43. The van der Waals surface area contributed by atoms with Crippen LogP contribution in [0.5, 0.6) is 0 Å². The third-order valence-electron chi connectivity index (χ3n) is 3.36. The number of rotatable bonds is 2. The fourth-order valence-electron chi connectivity index (χ4n) is 2.36. The molecule has 0 bridgehead atoms. The quantitative estimate of drug-likeness (QED) is 0.910. The summed E-state index contributed by atoms with van der Waals surface area (Å²) in [4.78, 5) is 22.0. The van der Waals surface area contributed by atoms with E-state index >= 15 is 0 Å². The summed E-state index contributed by atoms with van der Waals surface area (Å²) < 4.78 is 31.3. The molecule has 1 N–H and O–H groups in total. The van der Waals surface area contributed by atoms with Crippen LogP contribution in [0, 0.1) is 0 Å². The van der Waals surface area contributed by atoms with E-state index in [9.17, 15) is 13.6 Å². The number of alkyl halides is 2. The van der Waals surface area contributed by atoms with E-state index in [1.807, 2.05) is 0 Å². The minimum Gasteiger partial charge on any atom is -0.444 e. The van der Waals surface area contributed by atoms with Crippen LogP contribution in [0.3, 0.4) is 0 Å². The van der Waals surface area contributed by atoms with Gasteiger partial charge in [0.1, 0.15) is 16.9 Å². The number of carbonyl (C=O) groups excluding carboxylic acids is 1. The Morgan fingerprint density at radius 2 is 2.04 bits per heavy atom. The number of carbonyl (C=O) groups is 1. The SMILES string of the molecule is CC(C)(C)OC(=O)Nc1cccc2ncc(N3CC(F)(F)C3)nc12. The smallest absolute Gasteiger partial charge is 0.412 e. The Balaban J connectivity index is 1.87. The van der Waals surface area contributed by atoms with Crippen LogP contribution in [-0.2, 0) is 4.74 Å². The lowest BCUT2D eigenvalue weighted by molar-refractivity contribution is -0.0267. The topological polar surface area (TPSA) is 67.3 Å². The standard InChI is InChI=1S/C16H18F2N4O2/c1-15(2,3)24-14(23)20-11-6-4-5-10-13(11)21-12(7-19-10)22-8-16(17,18)9-22/h4-7H,8-9H2,1-3H3,(H,20,23). The van der Waals surface area contributed by atoms with Gasteiger partial charge in [0.25, 0.3) is 5.92 Å². The van der Waals surface area contributed by atoms with E-state index in [4.69, 9.17) is 4.74 Å². The Morgan fingerprint density at radius 3 is 2.67 bits per heavy atom. The average Bonchev–Trinajstić information content (AvgIpc) is 2.42. The summed E-state index contributed by atoms with van der Waals surface area (Å²) in [6, 6.07) is 5.12. The van der Waals surface area contributed by atoms with E-state index in [1.165, 1.54) is 11.1 Å². The molecule has 3 rings (SSSR count). The Labute approximate surface area is 137 Å². The van der Waals surface area contributed by atoms with Gasteiger partial charge in [0.05, 0.1) is 30.5 Å². The van der Waals surface area contributed by atoms with Gasteiger partial charge in [0, 0.05) is 0 Å². The van der Waals surface area contributed by atoms with E-state index < -0.39 is 17.6 Å². The van der Waals surface area contributed by atoms with Crippen molar-refractivity contribution < 1.29 is 18.3 Å². The van der Waals surface area contributed by atoms with Crippen LogP contribution < -0.4 is 10.2 Å². The number of fused-ring (bicyclic) bond motifs is 1. The van der Waals surface area contributed by atoms with Crippen molar-refractivity contribution in [2.45, 2.75) is 32.3 Å². The fourth-order valence-corrected chi connectivity index (χ4v) is 2.36. The third kappa shape index (κ3) is 3.52. The summed E-state index contributed by atoms with van der Waals surface area (Å²) in [5.41, 5.74) is 0.772. The molecule has 1 aromatic heterocycles. The van der Waals surface area contributed by atoms with Gasteiger partial charge in [-0.2, -0.15) is 0 Å². The minimum absolute atomic E-state index is 0.354. The maximum Gasteiger partial charge on any atom is 0.412 e. The van der Waals surface area contributed by atoms with Crippen molar-refractivity contribution in [2.75, 3.05) is 23.3 Å². The van der Waals surface area contributed by atoms with E-state index in [-0.39, 0.29) is 13.1 Å². The van der Waals surface area contributed by atoms with Crippen LogP contribution in [0.2, 0.25) is 0 Å². The number of aromatic nitrogens is 2. The normalized spacial score (nSPS) is 16.6. The molecule has 24 heavy (non-hydrogen) atoms. The first kappa shape index (κ1) is 16.4. The zero-order valence-corrected chi connectivity index (χ0v) is 13.6. The number of nitrogens with zero attached hydrogens (tertiary/aromatic N) is 3. The Kier molecular flexibility index (Phi) is 3.77. The molecule has 2 aromatic rings. The number of benzene rings is 1. The molecule has 1 aliphatic heterocycles. The molecule has 128 valence electrons. The molecule has 0 saturated carbocycles. The predicted molar refractivity (Wildman–Crippen MR) is 86.6 cm³/mol. The number of amides is 1. The molecule has 1 aliphatic rings. The van der Waals surface area contributed by atoms with Crippen LogP contribution in [0.15, 0.2) is 24.4 Å². The van der Waals surface area contributed by atoms with Gasteiger partial charge in [-0.1, -0.05) is 6.07 Å². The summed E-state index contributed by atoms with van der Waals surface area (Å²) in [6.07, 6.45) is 0.840. The van der Waals surface area contributed by atoms with Crippen molar-refractivity contribution >= 4 is 28.6 Å². The molecule has 1 aromatic carbocycles. The second-order valence-electron chi connectivity index (χ2n) is 6.74. The van der Waals surface area contributed by atoms with Gasteiger partial charge in [-0.15, -0.1) is 0 Å². The zero-order chi connectivity index (χ0) is 17.5. The highest BCUT2D eigenvalue weighted by Crippen LogP contribution is 2.32. The zero-order valence-electron chi connectivity index (χ0n) is 13.6. The molecule has 1 saturated heterocycles. The van der Waals surface area contributed by atoms with E-state index in [2.05, 4.69) is 15.3 Å². The Morgan fingerprint density at radius 1 is 1.33 bits per heavy atom. The van der Waals surface area contributed by atoms with E-state index in [0.717, 1.165) is 0 Å². The Hall–Kier alpha value is -2.51. The van der Waals surface area contributed by atoms with Crippen LogP contribution in [0.1, 0.15) is 20.8 Å². The number of hydrogen-bond donors (Lipinski definition) is 1. The first-order valence-corrected chi connectivity index (χ1v) is 7.52. The first-order chi connectivity index (χ1) is 11.1. The van der Waals surface area contributed by atoms with Crippen LogP contribution in [0.25, 0.3) is 11.0 Å². The van der Waals surface area contributed by atoms with Crippen LogP contribution in [0.4, 0.5) is 25.1 Å². The van der Waals surface area contributed by atoms with Gasteiger partial charge in [-0.25, -0.2) is 18.6 Å². The van der Waals surface area contributed by atoms with Crippen LogP contribution >= 0.6 is 0 Å². The van der Waals surface area contributed by atoms with Crippen molar-refractivity contribution in [2.24, 2.45) is 0 Å². The van der Waals surface area contributed by atoms with E-state index in [0.29, 0.717) is 22.5 Å². The molecule has 0 spiro atoms. The maximum absolute atomic E-state index is 13.0. The van der Waals surface area contributed by atoms with Crippen molar-refractivity contribution in [3.63, 3.8) is 0 Å². The van der Waals surface area contributed by atoms with Crippen LogP contribution in [-0.4, -0.2) is 40.7 Å². The molecule has 1 amide bonds. The summed E-state index contributed by atoms with van der Waals surface area (Å²) >= 11 is 0. The molecule has 0 unspecified atom stereocenters. The number of halogens is 2. The highest BCUT2D eigenvalue weighted by Gasteiger charge is 2.44. The lowest BCUT2D eigenvalue weighted by atomic mass is 10.1. The van der Waals surface area contributed by atoms with Gasteiger partial charge >= 0.3 is 6.09 Å². The van der Waals surface area contributed by atoms with Gasteiger partial charge < -0.3 is 9.64 Å². The summed E-state index contributed by atoms with van der Waals surface area (Å²) in [7, 11) is 0. The molecule has 6 nitrogen and oxygen atoms in total. The van der Waals surface area contributed by atoms with Crippen molar-refractivity contribution in [3.8, 4) is 0 Å². The summed E-state index contributed by atoms with van der Waals surface area (Å²) in [5, 5.41) is 2.63. The number of para-hydroxylation sites is 1. The molecule has 1 fully saturated rings. The van der Waals surface area contributed by atoms with Crippen molar-refractivity contribution in [1.82, 2.24) is 9.97 Å². The summed E-state index contributed by atoms with van der Waals surface area (Å²) in [5.74, 6) is -2.34. The monoisotopic (exact) mass is 336 g/mol. The van der Waals surface area contributed by atoms with Gasteiger partial charge in [-0.3, -0.25) is 10.3 Å². The number of anilines is 2. The molecule has 0 radical (unpaired) electrons. The van der Waals surface area contributed by atoms with Gasteiger partial charge in [0.15, 0.2) is 0 Å². The average molecular weight is 336 g/mol. The molecule has 0 atom stereocenters. The maximum atomic E-state index is 13.0. The summed E-state index contributed by atoms with van der Waals surface area (Å²) in [6.45, 7) is 4.52. The number of ether oxygens (including phenoxy) is 1. The highest BCUT2D eigenvalue weighted by molar-refractivity contribution is 5.97. The fraction of sp³-hybridized carbons (Fsp3) is 0.438. The molecular weight excluding hydrogens is 318 g/mol. The molecular formula is C16H18F2N4O2. The van der Waals surface area contributed by atoms with Crippen molar-refractivity contribution in [3.05, 3.63) is 24.4 Å². The molecule has 0 aliphatic carbocycles. The largest absolute Gasteiger partial charge is 0.444 e. The second-order valence-corrected chi connectivity index (χ2v) is 6.74. The molecule has 2 heterocycles. The Bertz CT molecular complexity index is 781.